The van der Waals surface area contributed by atoms with Crippen LogP contribution in [0, 0.1) is 0 Å². The van der Waals surface area contributed by atoms with Crippen molar-refractivity contribution < 1.29 is 4.74 Å². The Morgan fingerprint density at radius 2 is 1.72 bits per heavy atom. The van der Waals surface area contributed by atoms with Crippen molar-refractivity contribution in [2.45, 2.75) is 31.3 Å². The molecule has 2 atom stereocenters. The Bertz CT molecular complexity index is 675. The lowest BCUT2D eigenvalue weighted by Crippen LogP contribution is -2.36. The number of rotatable bonds is 5. The molecule has 0 amide bonds. The van der Waals surface area contributed by atoms with Gasteiger partial charge in [0.25, 0.3) is 0 Å². The standard InChI is InChI=1S/C19H25N5O/c1-2-4-15(5-3-1)22-16-6-7-17(12-16)23-18-13-19(21-14-20-18)24-8-10-25-11-9-24/h1-5,13-14,16-17,22H,6-12H2,(H,20,21,23)/t16-,17-/m0/s1. The lowest BCUT2D eigenvalue weighted by Gasteiger charge is -2.28. The van der Waals surface area contributed by atoms with Gasteiger partial charge in [-0.1, -0.05) is 18.2 Å². The third-order valence-electron chi connectivity index (χ3n) is 4.92. The first-order valence-electron chi connectivity index (χ1n) is 9.10. The highest BCUT2D eigenvalue weighted by atomic mass is 16.5. The van der Waals surface area contributed by atoms with Crippen LogP contribution in [0.5, 0.6) is 0 Å². The average Bonchev–Trinajstić information content (AvgIpc) is 3.10. The van der Waals surface area contributed by atoms with Gasteiger partial charge >= 0.3 is 0 Å². The van der Waals surface area contributed by atoms with Crippen LogP contribution < -0.4 is 15.5 Å². The number of hydrogen-bond donors (Lipinski definition) is 2. The van der Waals surface area contributed by atoms with Crippen LogP contribution in [0.1, 0.15) is 19.3 Å². The van der Waals surface area contributed by atoms with Gasteiger partial charge in [0.05, 0.1) is 13.2 Å². The Balaban J connectivity index is 1.33. The van der Waals surface area contributed by atoms with Gasteiger partial charge in [0.15, 0.2) is 0 Å². The fourth-order valence-electron chi connectivity index (χ4n) is 3.61. The molecule has 2 aliphatic rings. The van der Waals surface area contributed by atoms with Crippen LogP contribution in [0.4, 0.5) is 17.3 Å². The molecule has 25 heavy (non-hydrogen) atoms. The third-order valence-corrected chi connectivity index (χ3v) is 4.92. The van der Waals surface area contributed by atoms with Gasteiger partial charge in [0, 0.05) is 36.9 Å². The van der Waals surface area contributed by atoms with Crippen molar-refractivity contribution >= 4 is 17.3 Å². The molecule has 1 aromatic heterocycles. The first kappa shape index (κ1) is 16.1. The average molecular weight is 339 g/mol. The minimum atomic E-state index is 0.452. The first-order chi connectivity index (χ1) is 12.4. The molecule has 1 aliphatic carbocycles. The second-order valence-electron chi connectivity index (χ2n) is 6.72. The van der Waals surface area contributed by atoms with E-state index < -0.39 is 0 Å². The van der Waals surface area contributed by atoms with Gasteiger partial charge in [-0.3, -0.25) is 0 Å². The number of aromatic nitrogens is 2. The summed E-state index contributed by atoms with van der Waals surface area (Å²) in [6.45, 7) is 3.32. The zero-order chi connectivity index (χ0) is 16.9. The SMILES string of the molecule is c1ccc(N[C@H]2CC[C@H](Nc3cc(N4CCOCC4)ncn3)C2)cc1. The van der Waals surface area contributed by atoms with Gasteiger partial charge in [0.2, 0.25) is 0 Å². The van der Waals surface area contributed by atoms with E-state index in [0.29, 0.717) is 12.1 Å². The van der Waals surface area contributed by atoms with Gasteiger partial charge in [-0.05, 0) is 31.4 Å². The summed E-state index contributed by atoms with van der Waals surface area (Å²) in [4.78, 5) is 11.1. The number of morpholine rings is 1. The summed E-state index contributed by atoms with van der Waals surface area (Å²) in [6.07, 6.45) is 5.09. The summed E-state index contributed by atoms with van der Waals surface area (Å²) in [6, 6.07) is 13.5. The molecular formula is C19H25N5O. The van der Waals surface area contributed by atoms with Crippen molar-refractivity contribution in [2.75, 3.05) is 41.8 Å². The predicted octanol–water partition coefficient (Wildman–Crippen LogP) is 2.76. The Morgan fingerprint density at radius 3 is 2.52 bits per heavy atom. The Kier molecular flexibility index (Phi) is 4.97. The molecule has 0 unspecified atom stereocenters. The normalized spacial score (nSPS) is 23.4. The Morgan fingerprint density at radius 1 is 0.960 bits per heavy atom. The molecule has 1 aromatic carbocycles. The number of para-hydroxylation sites is 1. The molecule has 1 saturated carbocycles. The van der Waals surface area contributed by atoms with Crippen LogP contribution in [-0.4, -0.2) is 48.4 Å². The summed E-state index contributed by atoms with van der Waals surface area (Å²) in [7, 11) is 0. The van der Waals surface area contributed by atoms with Gasteiger partial charge < -0.3 is 20.3 Å². The van der Waals surface area contributed by atoms with E-state index in [2.05, 4.69) is 55.8 Å². The van der Waals surface area contributed by atoms with E-state index in [9.17, 15) is 0 Å². The first-order valence-corrected chi connectivity index (χ1v) is 9.10. The molecule has 1 aliphatic heterocycles. The topological polar surface area (TPSA) is 62.3 Å². The lowest BCUT2D eigenvalue weighted by molar-refractivity contribution is 0.122. The lowest BCUT2D eigenvalue weighted by atomic mass is 10.2. The smallest absolute Gasteiger partial charge is 0.134 e. The highest BCUT2D eigenvalue weighted by molar-refractivity contribution is 5.49. The summed E-state index contributed by atoms with van der Waals surface area (Å²) in [5.41, 5.74) is 1.20. The fourth-order valence-corrected chi connectivity index (χ4v) is 3.61. The van der Waals surface area contributed by atoms with Crippen LogP contribution in [0.15, 0.2) is 42.7 Å². The van der Waals surface area contributed by atoms with Crippen molar-refractivity contribution in [2.24, 2.45) is 0 Å². The van der Waals surface area contributed by atoms with Crippen molar-refractivity contribution in [3.63, 3.8) is 0 Å². The van der Waals surface area contributed by atoms with E-state index in [1.165, 1.54) is 12.1 Å². The summed E-state index contributed by atoms with van der Waals surface area (Å²) < 4.78 is 5.41. The zero-order valence-corrected chi connectivity index (χ0v) is 14.4. The number of nitrogens with zero attached hydrogens (tertiary/aromatic N) is 3. The molecule has 0 radical (unpaired) electrons. The summed E-state index contributed by atoms with van der Waals surface area (Å²) in [5, 5.41) is 7.21. The minimum Gasteiger partial charge on any atom is -0.382 e. The Hall–Kier alpha value is -2.34. The highest BCUT2D eigenvalue weighted by Crippen LogP contribution is 2.26. The van der Waals surface area contributed by atoms with Crippen molar-refractivity contribution in [3.8, 4) is 0 Å². The van der Waals surface area contributed by atoms with E-state index >= 15 is 0 Å². The maximum absolute atomic E-state index is 5.41. The predicted molar refractivity (Wildman–Crippen MR) is 100 cm³/mol. The molecule has 0 bridgehead atoms. The van der Waals surface area contributed by atoms with Crippen LogP contribution in [0.2, 0.25) is 0 Å². The quantitative estimate of drug-likeness (QED) is 0.873. The van der Waals surface area contributed by atoms with Gasteiger partial charge in [0.1, 0.15) is 18.0 Å². The highest BCUT2D eigenvalue weighted by Gasteiger charge is 2.25. The molecule has 2 aromatic rings. The van der Waals surface area contributed by atoms with Crippen molar-refractivity contribution in [1.82, 2.24) is 9.97 Å². The second kappa shape index (κ2) is 7.70. The zero-order valence-electron chi connectivity index (χ0n) is 14.4. The van der Waals surface area contributed by atoms with Crippen LogP contribution in [-0.2, 0) is 4.74 Å². The van der Waals surface area contributed by atoms with Gasteiger partial charge in [-0.15, -0.1) is 0 Å². The minimum absolute atomic E-state index is 0.452. The number of nitrogens with one attached hydrogen (secondary N) is 2. The number of ether oxygens (including phenoxy) is 1. The van der Waals surface area contributed by atoms with Gasteiger partial charge in [-0.2, -0.15) is 0 Å². The fraction of sp³-hybridized carbons (Fsp3) is 0.474. The Labute approximate surface area is 148 Å². The molecule has 4 rings (SSSR count). The number of anilines is 3. The molecule has 132 valence electrons. The van der Waals surface area contributed by atoms with E-state index in [-0.39, 0.29) is 0 Å². The summed E-state index contributed by atoms with van der Waals surface area (Å²) >= 11 is 0. The van der Waals surface area contributed by atoms with E-state index in [1.54, 1.807) is 6.33 Å². The number of benzene rings is 1. The third kappa shape index (κ3) is 4.20. The molecule has 0 spiro atoms. The van der Waals surface area contributed by atoms with E-state index in [4.69, 9.17) is 4.74 Å². The van der Waals surface area contributed by atoms with Gasteiger partial charge in [-0.25, -0.2) is 9.97 Å². The molecule has 6 nitrogen and oxygen atoms in total. The maximum atomic E-state index is 5.41. The molecule has 2 heterocycles. The second-order valence-corrected chi connectivity index (χ2v) is 6.72. The van der Waals surface area contributed by atoms with Crippen molar-refractivity contribution in [1.29, 1.82) is 0 Å². The molecule has 2 N–H and O–H groups in total. The molecule has 2 fully saturated rings. The van der Waals surface area contributed by atoms with E-state index in [0.717, 1.165) is 50.8 Å². The summed E-state index contributed by atoms with van der Waals surface area (Å²) in [5.74, 6) is 1.90. The molecular weight excluding hydrogens is 314 g/mol. The molecule has 6 heteroatoms. The number of hydrogen-bond acceptors (Lipinski definition) is 6. The maximum Gasteiger partial charge on any atom is 0.134 e. The van der Waals surface area contributed by atoms with Crippen LogP contribution in [0.3, 0.4) is 0 Å². The monoisotopic (exact) mass is 339 g/mol. The largest absolute Gasteiger partial charge is 0.382 e. The van der Waals surface area contributed by atoms with Crippen LogP contribution in [0.25, 0.3) is 0 Å². The van der Waals surface area contributed by atoms with E-state index in [1.807, 2.05) is 6.07 Å². The van der Waals surface area contributed by atoms with Crippen LogP contribution >= 0.6 is 0 Å². The molecule has 1 saturated heterocycles. The van der Waals surface area contributed by atoms with Crippen molar-refractivity contribution in [3.05, 3.63) is 42.7 Å².